The number of rotatable bonds is 6. The number of benzene rings is 2. The van der Waals surface area contributed by atoms with Crippen molar-refractivity contribution in [1.82, 2.24) is 9.78 Å². The van der Waals surface area contributed by atoms with Crippen LogP contribution in [0.4, 0.5) is 18.9 Å². The fourth-order valence-corrected chi connectivity index (χ4v) is 2.45. The van der Waals surface area contributed by atoms with E-state index in [1.165, 1.54) is 42.5 Å². The highest BCUT2D eigenvalue weighted by molar-refractivity contribution is 6.32. The van der Waals surface area contributed by atoms with Gasteiger partial charge in [0.25, 0.3) is 0 Å². The van der Waals surface area contributed by atoms with E-state index in [2.05, 4.69) is 15.2 Å². The standard InChI is InChI=1S/C17H11ClF3N3O4/c18-12-7-11(5-6-13(12)27-16(20)21)22-14(25)8-24-17(26)28-15(23-24)9-1-3-10(19)4-2-9/h1-7,16H,8H2,(H,22,25). The van der Waals surface area contributed by atoms with Gasteiger partial charge in [0.2, 0.25) is 11.8 Å². The summed E-state index contributed by atoms with van der Waals surface area (Å²) in [6.45, 7) is -3.51. The van der Waals surface area contributed by atoms with Gasteiger partial charge >= 0.3 is 12.4 Å². The van der Waals surface area contributed by atoms with E-state index in [-0.39, 0.29) is 22.4 Å². The number of nitrogens with one attached hydrogen (secondary N) is 1. The van der Waals surface area contributed by atoms with Gasteiger partial charge in [-0.25, -0.2) is 9.18 Å². The number of anilines is 1. The van der Waals surface area contributed by atoms with Crippen LogP contribution in [0.2, 0.25) is 5.02 Å². The van der Waals surface area contributed by atoms with Crippen LogP contribution in [0.5, 0.6) is 5.75 Å². The largest absolute Gasteiger partial charge is 0.437 e. The highest BCUT2D eigenvalue weighted by atomic mass is 35.5. The highest BCUT2D eigenvalue weighted by Crippen LogP contribution is 2.28. The number of hydrogen-bond donors (Lipinski definition) is 1. The van der Waals surface area contributed by atoms with Gasteiger partial charge in [-0.05, 0) is 42.5 Å². The van der Waals surface area contributed by atoms with Crippen molar-refractivity contribution < 1.29 is 27.1 Å². The molecular formula is C17H11ClF3N3O4. The fourth-order valence-electron chi connectivity index (χ4n) is 2.22. The minimum Gasteiger partial charge on any atom is -0.433 e. The van der Waals surface area contributed by atoms with E-state index in [9.17, 15) is 22.8 Å². The van der Waals surface area contributed by atoms with Crippen molar-refractivity contribution in [3.63, 3.8) is 0 Å². The number of halogens is 4. The van der Waals surface area contributed by atoms with Crippen molar-refractivity contribution in [1.29, 1.82) is 0 Å². The number of hydrogen-bond acceptors (Lipinski definition) is 5. The monoisotopic (exact) mass is 413 g/mol. The van der Waals surface area contributed by atoms with Gasteiger partial charge < -0.3 is 14.5 Å². The lowest BCUT2D eigenvalue weighted by molar-refractivity contribution is -0.117. The van der Waals surface area contributed by atoms with Gasteiger partial charge in [-0.1, -0.05) is 11.6 Å². The number of carbonyl (C=O) groups excluding carboxylic acids is 1. The molecule has 3 aromatic rings. The number of carbonyl (C=O) groups is 1. The molecule has 0 radical (unpaired) electrons. The Morgan fingerprint density at radius 3 is 2.61 bits per heavy atom. The second-order valence-corrected chi connectivity index (χ2v) is 5.82. The lowest BCUT2D eigenvalue weighted by Gasteiger charge is -2.09. The number of amides is 1. The predicted molar refractivity (Wildman–Crippen MR) is 92.9 cm³/mol. The molecule has 0 aliphatic heterocycles. The molecule has 0 unspecified atom stereocenters. The van der Waals surface area contributed by atoms with Crippen LogP contribution in [0.15, 0.2) is 51.7 Å². The molecule has 0 atom stereocenters. The fraction of sp³-hybridized carbons (Fsp3) is 0.118. The Hall–Kier alpha value is -3.27. The molecule has 1 amide bonds. The van der Waals surface area contributed by atoms with Crippen LogP contribution in [-0.2, 0) is 11.3 Å². The Balaban J connectivity index is 1.69. The third-order valence-corrected chi connectivity index (χ3v) is 3.72. The van der Waals surface area contributed by atoms with E-state index in [0.29, 0.717) is 5.56 Å². The topological polar surface area (TPSA) is 86.4 Å². The first-order valence-electron chi connectivity index (χ1n) is 7.70. The van der Waals surface area contributed by atoms with Crippen molar-refractivity contribution in [3.8, 4) is 17.2 Å². The van der Waals surface area contributed by atoms with E-state index in [1.54, 1.807) is 0 Å². The van der Waals surface area contributed by atoms with Gasteiger partial charge in [-0.15, -0.1) is 5.10 Å². The second kappa shape index (κ2) is 8.17. The summed E-state index contributed by atoms with van der Waals surface area (Å²) in [5.41, 5.74) is 0.561. The van der Waals surface area contributed by atoms with E-state index < -0.39 is 30.6 Å². The molecule has 7 nitrogen and oxygen atoms in total. The molecule has 0 bridgehead atoms. The van der Waals surface area contributed by atoms with Crippen LogP contribution in [0, 0.1) is 5.82 Å². The first-order valence-corrected chi connectivity index (χ1v) is 8.08. The quantitative estimate of drug-likeness (QED) is 0.668. The van der Waals surface area contributed by atoms with E-state index in [1.807, 2.05) is 0 Å². The van der Waals surface area contributed by atoms with Crippen LogP contribution < -0.4 is 15.8 Å². The van der Waals surface area contributed by atoms with E-state index >= 15 is 0 Å². The van der Waals surface area contributed by atoms with Crippen molar-refractivity contribution in [2.45, 2.75) is 13.2 Å². The summed E-state index contributed by atoms with van der Waals surface area (Å²) in [4.78, 5) is 23.9. The second-order valence-electron chi connectivity index (χ2n) is 5.41. The van der Waals surface area contributed by atoms with Crippen LogP contribution in [0.1, 0.15) is 0 Å². The zero-order chi connectivity index (χ0) is 20.3. The minimum atomic E-state index is -3.03. The van der Waals surface area contributed by atoms with Crippen molar-refractivity contribution in [2.75, 3.05) is 5.32 Å². The average molecular weight is 414 g/mol. The maximum Gasteiger partial charge on any atom is 0.437 e. The molecule has 11 heteroatoms. The summed E-state index contributed by atoms with van der Waals surface area (Å²) in [5, 5.41) is 6.19. The van der Waals surface area contributed by atoms with Gasteiger partial charge in [0, 0.05) is 11.3 Å². The van der Waals surface area contributed by atoms with E-state index in [4.69, 9.17) is 16.0 Å². The molecule has 0 saturated carbocycles. The summed E-state index contributed by atoms with van der Waals surface area (Å²) in [6, 6.07) is 8.77. The average Bonchev–Trinajstić information content (AvgIpc) is 2.98. The Morgan fingerprint density at radius 2 is 1.96 bits per heavy atom. The van der Waals surface area contributed by atoms with Gasteiger partial charge in [0.05, 0.1) is 5.02 Å². The predicted octanol–water partition coefficient (Wildman–Crippen LogP) is 3.54. The first kappa shape index (κ1) is 19.5. The number of alkyl halides is 2. The zero-order valence-electron chi connectivity index (χ0n) is 13.9. The lowest BCUT2D eigenvalue weighted by atomic mass is 10.2. The maximum atomic E-state index is 13.0. The SMILES string of the molecule is O=C(Cn1nc(-c2ccc(F)cc2)oc1=O)Nc1ccc(OC(F)F)c(Cl)c1. The van der Waals surface area contributed by atoms with E-state index in [0.717, 1.165) is 4.68 Å². The Kier molecular flexibility index (Phi) is 5.69. The molecule has 1 N–H and O–H groups in total. The van der Waals surface area contributed by atoms with Crippen LogP contribution in [0.25, 0.3) is 11.5 Å². The number of ether oxygens (including phenoxy) is 1. The summed E-state index contributed by atoms with van der Waals surface area (Å²) in [5.74, 6) is -2.30. The lowest BCUT2D eigenvalue weighted by Crippen LogP contribution is -2.25. The van der Waals surface area contributed by atoms with Crippen LogP contribution in [-0.4, -0.2) is 22.3 Å². The van der Waals surface area contributed by atoms with Crippen LogP contribution in [0.3, 0.4) is 0 Å². The number of nitrogens with zero attached hydrogens (tertiary/aromatic N) is 2. The van der Waals surface area contributed by atoms with Gasteiger partial charge in [-0.2, -0.15) is 13.5 Å². The van der Waals surface area contributed by atoms with Crippen LogP contribution >= 0.6 is 11.6 Å². The molecular weight excluding hydrogens is 403 g/mol. The molecule has 1 aromatic heterocycles. The molecule has 2 aromatic carbocycles. The summed E-state index contributed by atoms with van der Waals surface area (Å²) in [7, 11) is 0. The highest BCUT2D eigenvalue weighted by Gasteiger charge is 2.15. The van der Waals surface area contributed by atoms with Gasteiger partial charge in [0.1, 0.15) is 18.1 Å². The summed E-state index contributed by atoms with van der Waals surface area (Å²) < 4.78 is 47.3. The molecule has 1 heterocycles. The molecule has 0 saturated heterocycles. The Bertz CT molecular complexity index is 1050. The summed E-state index contributed by atoms with van der Waals surface area (Å²) >= 11 is 5.81. The molecule has 0 aliphatic rings. The Morgan fingerprint density at radius 1 is 1.25 bits per heavy atom. The van der Waals surface area contributed by atoms with Crippen molar-refractivity contribution >= 4 is 23.2 Å². The first-order chi connectivity index (χ1) is 13.3. The molecule has 3 rings (SSSR count). The molecule has 28 heavy (non-hydrogen) atoms. The summed E-state index contributed by atoms with van der Waals surface area (Å²) in [6.07, 6.45) is 0. The van der Waals surface area contributed by atoms with Gasteiger partial charge in [-0.3, -0.25) is 4.79 Å². The minimum absolute atomic E-state index is 0.0747. The Labute approximate surface area is 160 Å². The smallest absolute Gasteiger partial charge is 0.433 e. The van der Waals surface area contributed by atoms with Crippen molar-refractivity contribution in [3.05, 3.63) is 63.9 Å². The third kappa shape index (κ3) is 4.71. The number of aromatic nitrogens is 2. The normalized spacial score (nSPS) is 10.9. The maximum absolute atomic E-state index is 13.0. The van der Waals surface area contributed by atoms with Crippen molar-refractivity contribution in [2.24, 2.45) is 0 Å². The van der Waals surface area contributed by atoms with Gasteiger partial charge in [0.15, 0.2) is 0 Å². The molecule has 0 aliphatic carbocycles. The molecule has 146 valence electrons. The third-order valence-electron chi connectivity index (χ3n) is 3.42. The molecule has 0 fully saturated rings. The zero-order valence-corrected chi connectivity index (χ0v) is 14.6. The molecule has 0 spiro atoms.